The Hall–Kier alpha value is -0.750. The van der Waals surface area contributed by atoms with Gasteiger partial charge in [0.1, 0.15) is 6.04 Å². The van der Waals surface area contributed by atoms with Crippen LogP contribution < -0.4 is 5.73 Å². The molecule has 0 aromatic rings. The molecule has 0 aromatic carbocycles. The number of carbonyl (C=O) groups excluding carboxylic acids is 1. The molecule has 5 nitrogen and oxygen atoms in total. The van der Waals surface area contributed by atoms with Gasteiger partial charge in [-0.3, -0.25) is 9.59 Å². The molecule has 1 heterocycles. The van der Waals surface area contributed by atoms with Crippen molar-refractivity contribution in [3.8, 4) is 0 Å². The lowest BCUT2D eigenvalue weighted by molar-refractivity contribution is -0.138. The van der Waals surface area contributed by atoms with Crippen LogP contribution >= 0.6 is 11.8 Å². The van der Waals surface area contributed by atoms with Gasteiger partial charge in [0.05, 0.1) is 5.75 Å². The van der Waals surface area contributed by atoms with Gasteiger partial charge in [0.2, 0.25) is 5.91 Å². The molecule has 1 fully saturated rings. The van der Waals surface area contributed by atoms with E-state index in [1.807, 2.05) is 4.90 Å². The van der Waals surface area contributed by atoms with Gasteiger partial charge < -0.3 is 15.7 Å². The van der Waals surface area contributed by atoms with Gasteiger partial charge in [-0.2, -0.15) is 0 Å². The van der Waals surface area contributed by atoms with Crippen molar-refractivity contribution in [2.45, 2.75) is 31.7 Å². The van der Waals surface area contributed by atoms with Crippen molar-refractivity contribution in [3.63, 3.8) is 0 Å². The fraction of sp³-hybridized carbons (Fsp3) is 0.818. The van der Waals surface area contributed by atoms with E-state index in [0.29, 0.717) is 5.75 Å². The number of thioether (sulfide) groups is 1. The molecule has 17 heavy (non-hydrogen) atoms. The lowest BCUT2D eigenvalue weighted by Gasteiger charge is -2.20. The molecule has 0 bridgehead atoms. The predicted octanol–water partition coefficient (Wildman–Crippen LogP) is 0.534. The largest absolute Gasteiger partial charge is 0.480 e. The van der Waals surface area contributed by atoms with Crippen LogP contribution in [-0.4, -0.2) is 52.5 Å². The van der Waals surface area contributed by atoms with E-state index in [2.05, 4.69) is 0 Å². The SMILES string of the molecule is NC(CSCC(=O)N1CCCCCC1)C(=O)O. The second-order valence-electron chi connectivity index (χ2n) is 4.25. The van der Waals surface area contributed by atoms with Crippen molar-refractivity contribution < 1.29 is 14.7 Å². The zero-order chi connectivity index (χ0) is 12.7. The van der Waals surface area contributed by atoms with Crippen LogP contribution in [0.25, 0.3) is 0 Å². The number of carboxylic acid groups (broad SMARTS) is 1. The average molecular weight is 260 g/mol. The van der Waals surface area contributed by atoms with Gasteiger partial charge in [-0.15, -0.1) is 11.8 Å². The van der Waals surface area contributed by atoms with Crippen LogP contribution in [0.1, 0.15) is 25.7 Å². The van der Waals surface area contributed by atoms with Crippen molar-refractivity contribution in [1.29, 1.82) is 0 Å². The number of likely N-dealkylation sites (tertiary alicyclic amines) is 1. The molecule has 0 aliphatic carbocycles. The first-order valence-electron chi connectivity index (χ1n) is 5.95. The Kier molecular flexibility index (Phi) is 6.36. The molecule has 0 radical (unpaired) electrons. The topological polar surface area (TPSA) is 83.6 Å². The lowest BCUT2D eigenvalue weighted by atomic mass is 10.2. The first-order valence-corrected chi connectivity index (χ1v) is 7.10. The normalized spacial score (nSPS) is 18.5. The Morgan fingerprint density at radius 3 is 2.35 bits per heavy atom. The van der Waals surface area contributed by atoms with E-state index in [9.17, 15) is 9.59 Å². The number of rotatable bonds is 5. The second-order valence-corrected chi connectivity index (χ2v) is 5.29. The van der Waals surface area contributed by atoms with Gasteiger partial charge in [0.25, 0.3) is 0 Å². The summed E-state index contributed by atoms with van der Waals surface area (Å²) in [6.07, 6.45) is 4.54. The summed E-state index contributed by atoms with van der Waals surface area (Å²) in [5.74, 6) is -0.287. The van der Waals surface area contributed by atoms with Crippen molar-refractivity contribution in [3.05, 3.63) is 0 Å². The number of hydrogen-bond acceptors (Lipinski definition) is 4. The molecule has 1 aliphatic heterocycles. The zero-order valence-corrected chi connectivity index (χ0v) is 10.7. The van der Waals surface area contributed by atoms with E-state index >= 15 is 0 Å². The lowest BCUT2D eigenvalue weighted by Crippen LogP contribution is -2.35. The minimum absolute atomic E-state index is 0.106. The fourth-order valence-corrected chi connectivity index (χ4v) is 2.63. The molecule has 98 valence electrons. The molecule has 0 saturated carbocycles. The van der Waals surface area contributed by atoms with Crippen molar-refractivity contribution in [1.82, 2.24) is 4.90 Å². The van der Waals surface area contributed by atoms with Gasteiger partial charge in [0, 0.05) is 18.8 Å². The van der Waals surface area contributed by atoms with Crippen LogP contribution in [0, 0.1) is 0 Å². The van der Waals surface area contributed by atoms with Crippen molar-refractivity contribution >= 4 is 23.6 Å². The predicted molar refractivity (Wildman–Crippen MR) is 68.0 cm³/mol. The number of nitrogens with zero attached hydrogens (tertiary/aromatic N) is 1. The minimum Gasteiger partial charge on any atom is -0.480 e. The van der Waals surface area contributed by atoms with E-state index in [-0.39, 0.29) is 11.7 Å². The first kappa shape index (κ1) is 14.3. The summed E-state index contributed by atoms with van der Waals surface area (Å²) in [7, 11) is 0. The van der Waals surface area contributed by atoms with Gasteiger partial charge in [-0.05, 0) is 12.8 Å². The van der Waals surface area contributed by atoms with Crippen molar-refractivity contribution in [2.24, 2.45) is 5.73 Å². The van der Waals surface area contributed by atoms with E-state index < -0.39 is 12.0 Å². The maximum absolute atomic E-state index is 11.8. The van der Waals surface area contributed by atoms with Crippen LogP contribution in [0.2, 0.25) is 0 Å². The second kappa shape index (κ2) is 7.55. The molecule has 1 saturated heterocycles. The van der Waals surface area contributed by atoms with Gasteiger partial charge in [-0.1, -0.05) is 12.8 Å². The summed E-state index contributed by atoms with van der Waals surface area (Å²) in [6, 6.07) is -0.878. The minimum atomic E-state index is -1.01. The van der Waals surface area contributed by atoms with Crippen LogP contribution in [0.3, 0.4) is 0 Å². The number of carboxylic acids is 1. The van der Waals surface area contributed by atoms with E-state index in [0.717, 1.165) is 25.9 Å². The molecule has 3 N–H and O–H groups in total. The fourth-order valence-electron chi connectivity index (χ4n) is 1.76. The summed E-state index contributed by atoms with van der Waals surface area (Å²) < 4.78 is 0. The monoisotopic (exact) mass is 260 g/mol. The van der Waals surface area contributed by atoms with Gasteiger partial charge in [-0.25, -0.2) is 0 Å². The third kappa shape index (κ3) is 5.41. The third-order valence-corrected chi connectivity index (χ3v) is 3.84. The standard InChI is InChI=1S/C11H20N2O3S/c12-9(11(15)16)7-17-8-10(14)13-5-3-1-2-4-6-13/h9H,1-8,12H2,(H,15,16). The van der Waals surface area contributed by atoms with E-state index in [1.54, 1.807) is 0 Å². The highest BCUT2D eigenvalue weighted by Crippen LogP contribution is 2.12. The number of hydrogen-bond donors (Lipinski definition) is 2. The van der Waals surface area contributed by atoms with E-state index in [4.69, 9.17) is 10.8 Å². The molecular weight excluding hydrogens is 240 g/mol. The Labute approximate surface area is 106 Å². The van der Waals surface area contributed by atoms with Gasteiger partial charge in [0.15, 0.2) is 0 Å². The smallest absolute Gasteiger partial charge is 0.321 e. The maximum Gasteiger partial charge on any atom is 0.321 e. The van der Waals surface area contributed by atoms with Crippen molar-refractivity contribution in [2.75, 3.05) is 24.6 Å². The molecule has 1 rings (SSSR count). The zero-order valence-electron chi connectivity index (χ0n) is 9.93. The summed E-state index contributed by atoms with van der Waals surface area (Å²) >= 11 is 1.30. The molecule has 0 aromatic heterocycles. The Morgan fingerprint density at radius 2 is 1.82 bits per heavy atom. The molecule has 1 atom stereocenters. The molecular formula is C11H20N2O3S. The Bertz CT molecular complexity index is 265. The summed E-state index contributed by atoms with van der Waals surface area (Å²) in [4.78, 5) is 24.2. The highest BCUT2D eigenvalue weighted by atomic mass is 32.2. The maximum atomic E-state index is 11.8. The van der Waals surface area contributed by atoms with Crippen LogP contribution in [0.15, 0.2) is 0 Å². The summed E-state index contributed by atoms with van der Waals surface area (Å²) in [5.41, 5.74) is 5.36. The summed E-state index contributed by atoms with van der Waals surface area (Å²) in [6.45, 7) is 1.68. The quantitative estimate of drug-likeness (QED) is 0.753. The highest BCUT2D eigenvalue weighted by molar-refractivity contribution is 8.00. The highest BCUT2D eigenvalue weighted by Gasteiger charge is 2.17. The molecule has 1 amide bonds. The molecule has 0 spiro atoms. The molecule has 1 aliphatic rings. The van der Waals surface area contributed by atoms with Gasteiger partial charge >= 0.3 is 5.97 Å². The number of nitrogens with two attached hydrogens (primary N) is 1. The number of aliphatic carboxylic acids is 1. The van der Waals surface area contributed by atoms with Crippen LogP contribution in [-0.2, 0) is 9.59 Å². The van der Waals surface area contributed by atoms with E-state index in [1.165, 1.54) is 24.6 Å². The number of carbonyl (C=O) groups is 2. The third-order valence-electron chi connectivity index (χ3n) is 2.80. The molecule has 6 heteroatoms. The van der Waals surface area contributed by atoms with Crippen LogP contribution in [0.5, 0.6) is 0 Å². The Balaban J connectivity index is 2.21. The van der Waals surface area contributed by atoms with Crippen LogP contribution in [0.4, 0.5) is 0 Å². The first-order chi connectivity index (χ1) is 8.11. The number of amides is 1. The Morgan fingerprint density at radius 1 is 1.24 bits per heavy atom. The summed E-state index contributed by atoms with van der Waals surface area (Å²) in [5, 5.41) is 8.60. The molecule has 1 unspecified atom stereocenters. The average Bonchev–Trinajstić information content (AvgIpc) is 2.57.